The lowest BCUT2D eigenvalue weighted by Gasteiger charge is -2.45. The molecule has 0 amide bonds. The molecule has 1 aliphatic rings. The molecule has 1 heterocycles. The summed E-state index contributed by atoms with van der Waals surface area (Å²) in [4.78, 5) is 2.43. The van der Waals surface area contributed by atoms with Crippen LogP contribution in [0.15, 0.2) is 30.3 Å². The summed E-state index contributed by atoms with van der Waals surface area (Å²) in [5.74, 6) is 0. The van der Waals surface area contributed by atoms with Crippen molar-refractivity contribution in [2.24, 2.45) is 5.41 Å². The first-order valence-electron chi connectivity index (χ1n) is 8.75. The van der Waals surface area contributed by atoms with Crippen LogP contribution in [0.5, 0.6) is 0 Å². The lowest BCUT2D eigenvalue weighted by Crippen LogP contribution is -2.53. The van der Waals surface area contributed by atoms with Crippen molar-refractivity contribution in [3.05, 3.63) is 35.9 Å². The molecular formula is C19H31NO2. The van der Waals surface area contributed by atoms with Crippen LogP contribution in [0.2, 0.25) is 0 Å². The molecule has 0 saturated carbocycles. The molecule has 1 aliphatic heterocycles. The summed E-state index contributed by atoms with van der Waals surface area (Å²) in [5, 5.41) is 20.1. The van der Waals surface area contributed by atoms with Crippen molar-refractivity contribution in [2.45, 2.75) is 51.6 Å². The molecular weight excluding hydrogens is 274 g/mol. The minimum atomic E-state index is -0.349. The first kappa shape index (κ1) is 17.5. The number of unbranched alkanes of at least 4 members (excludes halogenated alkanes) is 1. The smallest absolute Gasteiger partial charge is 0.0642 e. The fourth-order valence-electron chi connectivity index (χ4n) is 3.72. The number of benzene rings is 1. The van der Waals surface area contributed by atoms with Crippen molar-refractivity contribution < 1.29 is 10.2 Å². The number of aliphatic hydroxyl groups excluding tert-OH is 2. The minimum absolute atomic E-state index is 0.0997. The molecule has 0 spiro atoms. The van der Waals surface area contributed by atoms with Gasteiger partial charge in [-0.1, -0.05) is 43.7 Å². The number of likely N-dealkylation sites (tertiary alicyclic amines) is 1. The van der Waals surface area contributed by atoms with E-state index in [0.717, 1.165) is 45.3 Å². The molecule has 1 fully saturated rings. The predicted octanol–water partition coefficient (Wildman–Crippen LogP) is 2.85. The van der Waals surface area contributed by atoms with Crippen LogP contribution in [-0.2, 0) is 6.42 Å². The SMILES string of the molecule is CCC[C@@]1(CO)CN(CCCCc2ccccc2)CC[C@@H]1O. The number of rotatable bonds is 8. The Morgan fingerprint density at radius 3 is 2.68 bits per heavy atom. The number of piperidine rings is 1. The fourth-order valence-corrected chi connectivity index (χ4v) is 3.72. The normalized spacial score (nSPS) is 26.2. The van der Waals surface area contributed by atoms with Gasteiger partial charge in [0.25, 0.3) is 0 Å². The van der Waals surface area contributed by atoms with E-state index >= 15 is 0 Å². The molecule has 0 unspecified atom stereocenters. The van der Waals surface area contributed by atoms with E-state index in [0.29, 0.717) is 0 Å². The van der Waals surface area contributed by atoms with E-state index in [2.05, 4.69) is 42.2 Å². The molecule has 2 atom stereocenters. The number of aliphatic hydroxyl groups is 2. The topological polar surface area (TPSA) is 43.7 Å². The third-order valence-corrected chi connectivity index (χ3v) is 5.06. The highest BCUT2D eigenvalue weighted by molar-refractivity contribution is 5.14. The Labute approximate surface area is 135 Å². The Hall–Kier alpha value is -0.900. The Balaban J connectivity index is 1.76. The lowest BCUT2D eigenvalue weighted by molar-refractivity contribution is -0.0801. The molecule has 1 saturated heterocycles. The zero-order valence-corrected chi connectivity index (χ0v) is 13.9. The van der Waals surface area contributed by atoms with Gasteiger partial charge in [-0.25, -0.2) is 0 Å². The number of hydrogen-bond donors (Lipinski definition) is 2. The molecule has 124 valence electrons. The average molecular weight is 305 g/mol. The van der Waals surface area contributed by atoms with Crippen molar-refractivity contribution >= 4 is 0 Å². The maximum Gasteiger partial charge on any atom is 0.0642 e. The second-order valence-corrected chi connectivity index (χ2v) is 6.79. The van der Waals surface area contributed by atoms with E-state index < -0.39 is 0 Å². The van der Waals surface area contributed by atoms with Gasteiger partial charge in [0, 0.05) is 18.5 Å². The number of nitrogens with zero attached hydrogens (tertiary/aromatic N) is 1. The fraction of sp³-hybridized carbons (Fsp3) is 0.684. The van der Waals surface area contributed by atoms with Gasteiger partial charge in [-0.3, -0.25) is 0 Å². The van der Waals surface area contributed by atoms with E-state index in [1.165, 1.54) is 18.4 Å². The Morgan fingerprint density at radius 1 is 1.23 bits per heavy atom. The molecule has 0 aromatic heterocycles. The van der Waals surface area contributed by atoms with Crippen molar-refractivity contribution in [1.29, 1.82) is 0 Å². The molecule has 2 rings (SSSR count). The van der Waals surface area contributed by atoms with Crippen molar-refractivity contribution in [2.75, 3.05) is 26.2 Å². The van der Waals surface area contributed by atoms with Gasteiger partial charge in [-0.2, -0.15) is 0 Å². The Morgan fingerprint density at radius 2 is 2.00 bits per heavy atom. The van der Waals surface area contributed by atoms with Crippen molar-refractivity contribution in [3.63, 3.8) is 0 Å². The van der Waals surface area contributed by atoms with Crippen LogP contribution in [-0.4, -0.2) is 47.5 Å². The number of hydrogen-bond acceptors (Lipinski definition) is 3. The third-order valence-electron chi connectivity index (χ3n) is 5.06. The Kier molecular flexibility index (Phi) is 6.87. The summed E-state index contributed by atoms with van der Waals surface area (Å²) in [7, 11) is 0. The predicted molar refractivity (Wildman–Crippen MR) is 90.9 cm³/mol. The molecule has 0 radical (unpaired) electrons. The van der Waals surface area contributed by atoms with Crippen LogP contribution >= 0.6 is 0 Å². The van der Waals surface area contributed by atoms with E-state index in [1.807, 2.05) is 0 Å². The summed E-state index contributed by atoms with van der Waals surface area (Å²) in [6, 6.07) is 10.6. The van der Waals surface area contributed by atoms with Crippen molar-refractivity contribution in [1.82, 2.24) is 4.90 Å². The van der Waals surface area contributed by atoms with Crippen LogP contribution in [0.25, 0.3) is 0 Å². The third kappa shape index (κ3) is 4.55. The molecule has 0 aliphatic carbocycles. The van der Waals surface area contributed by atoms with Gasteiger partial charge in [-0.15, -0.1) is 0 Å². The van der Waals surface area contributed by atoms with Gasteiger partial charge in [0.1, 0.15) is 0 Å². The second kappa shape index (κ2) is 8.66. The van der Waals surface area contributed by atoms with Crippen LogP contribution in [0.1, 0.15) is 44.6 Å². The van der Waals surface area contributed by atoms with Gasteiger partial charge >= 0.3 is 0 Å². The largest absolute Gasteiger partial charge is 0.396 e. The second-order valence-electron chi connectivity index (χ2n) is 6.79. The summed E-state index contributed by atoms with van der Waals surface area (Å²) >= 11 is 0. The van der Waals surface area contributed by atoms with Crippen LogP contribution in [0.4, 0.5) is 0 Å². The highest BCUT2D eigenvalue weighted by Gasteiger charge is 2.41. The molecule has 22 heavy (non-hydrogen) atoms. The zero-order valence-electron chi connectivity index (χ0n) is 13.9. The number of aryl methyl sites for hydroxylation is 1. The van der Waals surface area contributed by atoms with Crippen LogP contribution < -0.4 is 0 Å². The maximum atomic E-state index is 10.3. The van der Waals surface area contributed by atoms with Gasteiger partial charge < -0.3 is 15.1 Å². The molecule has 1 aromatic carbocycles. The van der Waals surface area contributed by atoms with Gasteiger partial charge in [0.05, 0.1) is 12.7 Å². The highest BCUT2D eigenvalue weighted by Crippen LogP contribution is 2.34. The summed E-state index contributed by atoms with van der Waals surface area (Å²) in [5.41, 5.74) is 1.11. The lowest BCUT2D eigenvalue weighted by atomic mass is 9.74. The summed E-state index contributed by atoms with van der Waals surface area (Å²) < 4.78 is 0. The minimum Gasteiger partial charge on any atom is -0.396 e. The van der Waals surface area contributed by atoms with E-state index in [-0.39, 0.29) is 18.1 Å². The van der Waals surface area contributed by atoms with Crippen LogP contribution in [0.3, 0.4) is 0 Å². The molecule has 1 aromatic rings. The molecule has 3 nitrogen and oxygen atoms in total. The first-order chi connectivity index (χ1) is 10.7. The van der Waals surface area contributed by atoms with E-state index in [9.17, 15) is 10.2 Å². The van der Waals surface area contributed by atoms with Crippen molar-refractivity contribution in [3.8, 4) is 0 Å². The summed E-state index contributed by atoms with van der Waals surface area (Å²) in [6.07, 6.45) is 5.88. The molecule has 0 bridgehead atoms. The van der Waals surface area contributed by atoms with Gasteiger partial charge in [0.2, 0.25) is 0 Å². The quantitative estimate of drug-likeness (QED) is 0.726. The average Bonchev–Trinajstić information content (AvgIpc) is 2.55. The molecule has 2 N–H and O–H groups in total. The molecule has 3 heteroatoms. The standard InChI is InChI=1S/C19H31NO2/c1-2-12-19(16-21)15-20(14-11-18(19)22)13-7-6-10-17-8-4-3-5-9-17/h3-5,8-9,18,21-22H,2,6-7,10-16H2,1H3/t18-,19-/m0/s1. The summed E-state index contributed by atoms with van der Waals surface area (Å²) in [6.45, 7) is 5.10. The first-order valence-corrected chi connectivity index (χ1v) is 8.75. The highest BCUT2D eigenvalue weighted by atomic mass is 16.3. The van der Waals surface area contributed by atoms with E-state index in [4.69, 9.17) is 0 Å². The van der Waals surface area contributed by atoms with Gasteiger partial charge in [0.15, 0.2) is 0 Å². The maximum absolute atomic E-state index is 10.3. The zero-order chi connectivity index (χ0) is 15.8. The monoisotopic (exact) mass is 305 g/mol. The van der Waals surface area contributed by atoms with E-state index in [1.54, 1.807) is 0 Å². The van der Waals surface area contributed by atoms with Crippen LogP contribution in [0, 0.1) is 5.41 Å². The van der Waals surface area contributed by atoms with Gasteiger partial charge in [-0.05, 0) is 44.2 Å². The Bertz CT molecular complexity index is 423.